The van der Waals surface area contributed by atoms with Gasteiger partial charge >= 0.3 is 0 Å². The Kier molecular flexibility index (Phi) is 5.22. The molecule has 1 aliphatic rings. The molecule has 1 saturated heterocycles. The summed E-state index contributed by atoms with van der Waals surface area (Å²) in [7, 11) is 0. The molecule has 3 aromatic rings. The Morgan fingerprint density at radius 2 is 2.18 bits per heavy atom. The average Bonchev–Trinajstić information content (AvgIpc) is 3.35. The number of likely N-dealkylation sites (tertiary alicyclic amines) is 1. The van der Waals surface area contributed by atoms with Crippen LogP contribution in [0.3, 0.4) is 0 Å². The highest BCUT2D eigenvalue weighted by molar-refractivity contribution is 6.30. The second kappa shape index (κ2) is 7.80. The van der Waals surface area contributed by atoms with E-state index in [0.29, 0.717) is 17.3 Å². The van der Waals surface area contributed by atoms with Crippen LogP contribution < -0.4 is 0 Å². The molecule has 28 heavy (non-hydrogen) atoms. The quantitative estimate of drug-likeness (QED) is 0.649. The summed E-state index contributed by atoms with van der Waals surface area (Å²) in [5.41, 5.74) is 2.97. The van der Waals surface area contributed by atoms with Gasteiger partial charge in [0.05, 0.1) is 11.9 Å². The lowest BCUT2D eigenvalue weighted by molar-refractivity contribution is -0.133. The second-order valence-corrected chi connectivity index (χ2v) is 7.74. The minimum Gasteiger partial charge on any atom is -0.443 e. The van der Waals surface area contributed by atoms with Crippen LogP contribution in [-0.4, -0.2) is 32.1 Å². The molecule has 0 saturated carbocycles. The van der Waals surface area contributed by atoms with Gasteiger partial charge in [-0.15, -0.1) is 0 Å². The van der Waals surface area contributed by atoms with E-state index < -0.39 is 0 Å². The summed E-state index contributed by atoms with van der Waals surface area (Å²) in [4.78, 5) is 19.2. The fourth-order valence-corrected chi connectivity index (χ4v) is 4.00. The van der Waals surface area contributed by atoms with Gasteiger partial charge in [0.2, 0.25) is 11.8 Å². The maximum atomic E-state index is 12.9. The number of aromatic nitrogens is 3. The molecule has 1 unspecified atom stereocenters. The Balaban J connectivity index is 1.47. The van der Waals surface area contributed by atoms with Crippen molar-refractivity contribution >= 4 is 17.5 Å². The number of aryl methyl sites for hydroxylation is 2. The van der Waals surface area contributed by atoms with Crippen molar-refractivity contribution < 1.29 is 9.21 Å². The summed E-state index contributed by atoms with van der Waals surface area (Å²) in [6.45, 7) is 4.85. The fraction of sp³-hybridized carbons (Fsp3) is 0.381. The van der Waals surface area contributed by atoms with Crippen molar-refractivity contribution in [1.29, 1.82) is 0 Å². The summed E-state index contributed by atoms with van der Waals surface area (Å²) in [6, 6.07) is 9.56. The standard InChI is InChI=1S/C21H23ClN4O2/c1-14-9-15(2)26(24-14)13-20(27)25-8-4-7-19(25)21-23-12-18(28-21)11-16-5-3-6-17(22)10-16/h3,5-6,9-10,12,19H,4,7-8,11,13H2,1-2H3. The monoisotopic (exact) mass is 398 g/mol. The van der Waals surface area contributed by atoms with E-state index in [1.807, 2.05) is 49.1 Å². The van der Waals surface area contributed by atoms with E-state index in [4.69, 9.17) is 16.0 Å². The Labute approximate surface area is 169 Å². The highest BCUT2D eigenvalue weighted by atomic mass is 35.5. The number of hydrogen-bond donors (Lipinski definition) is 0. The van der Waals surface area contributed by atoms with Crippen molar-refractivity contribution in [2.75, 3.05) is 6.54 Å². The van der Waals surface area contributed by atoms with Gasteiger partial charge in [0.15, 0.2) is 0 Å². The molecular formula is C21H23ClN4O2. The van der Waals surface area contributed by atoms with E-state index in [1.165, 1.54) is 0 Å². The molecule has 1 amide bonds. The lowest BCUT2D eigenvalue weighted by atomic mass is 10.1. The zero-order chi connectivity index (χ0) is 19.7. The molecule has 4 rings (SSSR count). The van der Waals surface area contributed by atoms with Crippen molar-refractivity contribution in [3.8, 4) is 0 Å². The van der Waals surface area contributed by atoms with E-state index in [1.54, 1.807) is 10.9 Å². The van der Waals surface area contributed by atoms with Crippen molar-refractivity contribution in [3.63, 3.8) is 0 Å². The number of carbonyl (C=O) groups is 1. The lowest BCUT2D eigenvalue weighted by Gasteiger charge is -2.22. The summed E-state index contributed by atoms with van der Waals surface area (Å²) in [5.74, 6) is 1.43. The first kappa shape index (κ1) is 18.7. The third-order valence-corrected chi connectivity index (χ3v) is 5.32. The van der Waals surface area contributed by atoms with Gasteiger partial charge in [-0.2, -0.15) is 5.10 Å². The zero-order valence-electron chi connectivity index (χ0n) is 16.1. The molecule has 7 heteroatoms. The zero-order valence-corrected chi connectivity index (χ0v) is 16.8. The Bertz CT molecular complexity index is 994. The molecule has 0 aliphatic carbocycles. The Hall–Kier alpha value is -2.60. The third kappa shape index (κ3) is 3.97. The number of hydrogen-bond acceptors (Lipinski definition) is 4. The average molecular weight is 399 g/mol. The summed E-state index contributed by atoms with van der Waals surface area (Å²) in [5, 5.41) is 5.10. The molecule has 0 spiro atoms. The van der Waals surface area contributed by atoms with Crippen LogP contribution >= 0.6 is 11.6 Å². The molecule has 1 fully saturated rings. The molecule has 1 aromatic carbocycles. The van der Waals surface area contributed by atoms with Gasteiger partial charge in [-0.3, -0.25) is 9.48 Å². The van der Waals surface area contributed by atoms with E-state index in [9.17, 15) is 4.79 Å². The molecule has 1 aliphatic heterocycles. The highest BCUT2D eigenvalue weighted by Gasteiger charge is 2.33. The minimum absolute atomic E-state index is 0.0447. The van der Waals surface area contributed by atoms with Crippen LogP contribution in [0.1, 0.15) is 47.5 Å². The first-order chi connectivity index (χ1) is 13.5. The number of oxazole rings is 1. The van der Waals surface area contributed by atoms with Crippen LogP contribution in [0.5, 0.6) is 0 Å². The number of benzene rings is 1. The molecule has 3 heterocycles. The van der Waals surface area contributed by atoms with Crippen LogP contribution in [0.25, 0.3) is 0 Å². The van der Waals surface area contributed by atoms with E-state index in [0.717, 1.165) is 42.1 Å². The van der Waals surface area contributed by atoms with Gasteiger partial charge in [-0.1, -0.05) is 23.7 Å². The predicted molar refractivity (Wildman–Crippen MR) is 106 cm³/mol. The van der Waals surface area contributed by atoms with Crippen LogP contribution in [0.2, 0.25) is 5.02 Å². The second-order valence-electron chi connectivity index (χ2n) is 7.30. The molecule has 2 aromatic heterocycles. The highest BCUT2D eigenvalue weighted by Crippen LogP contribution is 2.32. The van der Waals surface area contributed by atoms with Crippen molar-refractivity contribution in [3.05, 3.63) is 70.2 Å². The first-order valence-corrected chi connectivity index (χ1v) is 9.87. The van der Waals surface area contributed by atoms with E-state index in [2.05, 4.69) is 10.1 Å². The number of carbonyl (C=O) groups excluding carboxylic acids is 1. The van der Waals surface area contributed by atoms with E-state index >= 15 is 0 Å². The smallest absolute Gasteiger partial charge is 0.244 e. The third-order valence-electron chi connectivity index (χ3n) is 5.09. The van der Waals surface area contributed by atoms with E-state index in [-0.39, 0.29) is 18.5 Å². The normalized spacial score (nSPS) is 16.7. The van der Waals surface area contributed by atoms with Gasteiger partial charge in [0.1, 0.15) is 18.3 Å². The molecule has 6 nitrogen and oxygen atoms in total. The van der Waals surface area contributed by atoms with Crippen LogP contribution in [-0.2, 0) is 17.8 Å². The SMILES string of the molecule is Cc1cc(C)n(CC(=O)N2CCCC2c2ncc(Cc3cccc(Cl)c3)o2)n1. The van der Waals surface area contributed by atoms with Gasteiger partial charge in [-0.05, 0) is 50.5 Å². The molecular weight excluding hydrogens is 376 g/mol. The van der Waals surface area contributed by atoms with Crippen molar-refractivity contribution in [1.82, 2.24) is 19.7 Å². The molecule has 0 N–H and O–H groups in total. The predicted octanol–water partition coefficient (Wildman–Crippen LogP) is 4.10. The summed E-state index contributed by atoms with van der Waals surface area (Å²) < 4.78 is 7.76. The maximum Gasteiger partial charge on any atom is 0.244 e. The summed E-state index contributed by atoms with van der Waals surface area (Å²) >= 11 is 6.06. The number of halogens is 1. The Morgan fingerprint density at radius 3 is 2.93 bits per heavy atom. The minimum atomic E-state index is -0.113. The Morgan fingerprint density at radius 1 is 1.32 bits per heavy atom. The van der Waals surface area contributed by atoms with Crippen LogP contribution in [0.4, 0.5) is 0 Å². The van der Waals surface area contributed by atoms with Crippen molar-refractivity contribution in [2.24, 2.45) is 0 Å². The number of nitrogens with zero attached hydrogens (tertiary/aromatic N) is 4. The largest absolute Gasteiger partial charge is 0.443 e. The molecule has 0 bridgehead atoms. The maximum absolute atomic E-state index is 12.9. The lowest BCUT2D eigenvalue weighted by Crippen LogP contribution is -2.34. The molecule has 146 valence electrons. The van der Waals surface area contributed by atoms with Gasteiger partial charge in [-0.25, -0.2) is 4.98 Å². The van der Waals surface area contributed by atoms with Crippen LogP contribution in [0, 0.1) is 13.8 Å². The topological polar surface area (TPSA) is 64.2 Å². The fourth-order valence-electron chi connectivity index (χ4n) is 3.78. The van der Waals surface area contributed by atoms with Gasteiger partial charge in [0, 0.05) is 23.7 Å². The van der Waals surface area contributed by atoms with Crippen molar-refractivity contribution in [2.45, 2.75) is 45.7 Å². The first-order valence-electron chi connectivity index (χ1n) is 9.49. The molecule has 0 radical (unpaired) electrons. The number of rotatable bonds is 5. The summed E-state index contributed by atoms with van der Waals surface area (Å²) in [6.07, 6.45) is 4.18. The van der Waals surface area contributed by atoms with Gasteiger partial charge in [0.25, 0.3) is 0 Å². The number of amides is 1. The molecule has 1 atom stereocenters. The van der Waals surface area contributed by atoms with Crippen LogP contribution in [0.15, 0.2) is 40.9 Å². The van der Waals surface area contributed by atoms with Gasteiger partial charge < -0.3 is 9.32 Å².